The highest BCUT2D eigenvalue weighted by molar-refractivity contribution is 6.04. The zero-order valence-corrected chi connectivity index (χ0v) is 10.3. The van der Waals surface area contributed by atoms with Gasteiger partial charge in [-0.1, -0.05) is 0 Å². The van der Waals surface area contributed by atoms with Gasteiger partial charge in [-0.2, -0.15) is 0 Å². The van der Waals surface area contributed by atoms with Gasteiger partial charge in [0.15, 0.2) is 11.6 Å². The molecule has 4 N–H and O–H groups in total. The zero-order chi connectivity index (χ0) is 15.3. The second-order valence-corrected chi connectivity index (χ2v) is 3.94. The zero-order valence-electron chi connectivity index (χ0n) is 10.3. The topological polar surface area (TPSA) is 109 Å². The maximum atomic E-state index is 13.1. The molecule has 20 heavy (non-hydrogen) atoms. The Bertz CT molecular complexity index is 561. The number of rotatable bonds is 6. The molecule has 0 aromatic heterocycles. The van der Waals surface area contributed by atoms with Crippen LogP contribution in [0.1, 0.15) is 33.6 Å². The fraction of sp³-hybridized carbons (Fsp3) is 0.250. The van der Waals surface area contributed by atoms with Crippen LogP contribution in [0, 0.1) is 11.6 Å². The minimum atomic E-state index is -1.55. The lowest BCUT2D eigenvalue weighted by Gasteiger charge is -2.08. The molecule has 2 amide bonds. The third-order valence-electron chi connectivity index (χ3n) is 2.42. The molecular weight excluding hydrogens is 274 g/mol. The Morgan fingerprint density at radius 1 is 1.15 bits per heavy atom. The number of aromatic carboxylic acids is 1. The van der Waals surface area contributed by atoms with Gasteiger partial charge in [0.05, 0.1) is 11.1 Å². The molecule has 0 aliphatic heterocycles. The minimum absolute atomic E-state index is 0.0455. The van der Waals surface area contributed by atoms with E-state index in [9.17, 15) is 23.2 Å². The van der Waals surface area contributed by atoms with Gasteiger partial charge in [-0.3, -0.25) is 9.59 Å². The van der Waals surface area contributed by atoms with Crippen LogP contribution in [0.4, 0.5) is 8.78 Å². The number of primary amides is 1. The highest BCUT2D eigenvalue weighted by Crippen LogP contribution is 2.15. The number of carbonyl (C=O) groups is 3. The maximum absolute atomic E-state index is 13.1. The number of amides is 2. The number of benzene rings is 1. The number of nitrogens with two attached hydrogens (primary N) is 1. The van der Waals surface area contributed by atoms with Crippen LogP contribution in [0.15, 0.2) is 12.1 Å². The van der Waals surface area contributed by atoms with Gasteiger partial charge in [-0.05, 0) is 18.6 Å². The third kappa shape index (κ3) is 4.01. The van der Waals surface area contributed by atoms with E-state index >= 15 is 0 Å². The highest BCUT2D eigenvalue weighted by atomic mass is 19.2. The first-order valence-corrected chi connectivity index (χ1v) is 5.61. The van der Waals surface area contributed by atoms with Crippen molar-refractivity contribution in [1.82, 2.24) is 5.32 Å². The number of nitrogens with one attached hydrogen (secondary N) is 1. The van der Waals surface area contributed by atoms with Gasteiger partial charge in [-0.15, -0.1) is 0 Å². The Hall–Kier alpha value is -2.51. The summed E-state index contributed by atoms with van der Waals surface area (Å²) in [6.07, 6.45) is 0.303. The first-order chi connectivity index (χ1) is 9.32. The van der Waals surface area contributed by atoms with Crippen molar-refractivity contribution in [1.29, 1.82) is 0 Å². The Balaban J connectivity index is 2.84. The molecule has 8 heteroatoms. The molecule has 1 aromatic carbocycles. The lowest BCUT2D eigenvalue weighted by atomic mass is 10.1. The van der Waals surface area contributed by atoms with Crippen molar-refractivity contribution in [3.05, 3.63) is 34.9 Å². The Labute approximate surface area is 112 Å². The number of carboxylic acids is 1. The SMILES string of the molecule is NC(=O)CCCNC(=O)c1cc(F)c(F)cc1C(=O)O. The summed E-state index contributed by atoms with van der Waals surface area (Å²) in [4.78, 5) is 33.1. The molecule has 0 aliphatic carbocycles. The summed E-state index contributed by atoms with van der Waals surface area (Å²) in [5.41, 5.74) is 3.77. The van der Waals surface area contributed by atoms with Crippen molar-refractivity contribution in [3.8, 4) is 0 Å². The second kappa shape index (κ2) is 6.60. The van der Waals surface area contributed by atoms with Crippen LogP contribution in [0.25, 0.3) is 0 Å². The van der Waals surface area contributed by atoms with Gasteiger partial charge in [0.2, 0.25) is 5.91 Å². The van der Waals surface area contributed by atoms with Gasteiger partial charge in [0.1, 0.15) is 0 Å². The molecule has 0 saturated carbocycles. The van der Waals surface area contributed by atoms with E-state index in [0.717, 1.165) is 0 Å². The van der Waals surface area contributed by atoms with Crippen LogP contribution in [0.5, 0.6) is 0 Å². The van der Waals surface area contributed by atoms with E-state index in [1.54, 1.807) is 0 Å². The number of carboxylic acid groups (broad SMARTS) is 1. The van der Waals surface area contributed by atoms with Crippen molar-refractivity contribution in [3.63, 3.8) is 0 Å². The fourth-order valence-corrected chi connectivity index (χ4v) is 1.47. The molecule has 0 spiro atoms. The van der Waals surface area contributed by atoms with E-state index < -0.39 is 40.5 Å². The van der Waals surface area contributed by atoms with E-state index in [1.807, 2.05) is 0 Å². The van der Waals surface area contributed by atoms with E-state index in [1.165, 1.54) is 0 Å². The van der Waals surface area contributed by atoms with Gasteiger partial charge in [0, 0.05) is 13.0 Å². The molecule has 0 heterocycles. The van der Waals surface area contributed by atoms with Crippen molar-refractivity contribution < 1.29 is 28.3 Å². The lowest BCUT2D eigenvalue weighted by Crippen LogP contribution is -2.27. The molecule has 0 radical (unpaired) electrons. The predicted octanol–water partition coefficient (Wildman–Crippen LogP) is 0.658. The normalized spacial score (nSPS) is 10.1. The number of halogens is 2. The van der Waals surface area contributed by atoms with Crippen LogP contribution >= 0.6 is 0 Å². The third-order valence-corrected chi connectivity index (χ3v) is 2.42. The molecule has 0 bridgehead atoms. The van der Waals surface area contributed by atoms with Crippen LogP contribution in [-0.4, -0.2) is 29.4 Å². The lowest BCUT2D eigenvalue weighted by molar-refractivity contribution is -0.118. The summed E-state index contributed by atoms with van der Waals surface area (Å²) in [5.74, 6) is -5.64. The second-order valence-electron chi connectivity index (χ2n) is 3.94. The molecule has 0 atom stereocenters. The average molecular weight is 286 g/mol. The van der Waals surface area contributed by atoms with Gasteiger partial charge in [0.25, 0.3) is 5.91 Å². The summed E-state index contributed by atoms with van der Waals surface area (Å²) in [7, 11) is 0. The van der Waals surface area contributed by atoms with E-state index in [0.29, 0.717) is 12.1 Å². The van der Waals surface area contributed by atoms with Crippen molar-refractivity contribution in [2.24, 2.45) is 5.73 Å². The van der Waals surface area contributed by atoms with Crippen molar-refractivity contribution in [2.75, 3.05) is 6.54 Å². The largest absolute Gasteiger partial charge is 0.478 e. The first kappa shape index (κ1) is 15.5. The monoisotopic (exact) mass is 286 g/mol. The smallest absolute Gasteiger partial charge is 0.336 e. The number of hydrogen-bond donors (Lipinski definition) is 3. The van der Waals surface area contributed by atoms with Gasteiger partial charge >= 0.3 is 5.97 Å². The predicted molar refractivity (Wildman–Crippen MR) is 64.1 cm³/mol. The molecule has 108 valence electrons. The number of carbonyl (C=O) groups excluding carboxylic acids is 2. The van der Waals surface area contributed by atoms with Crippen molar-refractivity contribution >= 4 is 17.8 Å². The molecule has 1 aromatic rings. The van der Waals surface area contributed by atoms with Crippen LogP contribution in [-0.2, 0) is 4.79 Å². The quantitative estimate of drug-likeness (QED) is 0.667. The maximum Gasteiger partial charge on any atom is 0.336 e. The fourth-order valence-electron chi connectivity index (χ4n) is 1.47. The molecule has 1 rings (SSSR count). The van der Waals surface area contributed by atoms with Crippen LogP contribution < -0.4 is 11.1 Å². The van der Waals surface area contributed by atoms with Gasteiger partial charge in [-0.25, -0.2) is 13.6 Å². The molecule has 0 saturated heterocycles. The summed E-state index contributed by atoms with van der Waals surface area (Å²) >= 11 is 0. The summed E-state index contributed by atoms with van der Waals surface area (Å²) in [6.45, 7) is 0.0554. The van der Waals surface area contributed by atoms with Crippen molar-refractivity contribution in [2.45, 2.75) is 12.8 Å². The number of hydrogen-bond acceptors (Lipinski definition) is 3. The molecule has 0 fully saturated rings. The summed E-state index contributed by atoms with van der Waals surface area (Å²) in [5, 5.41) is 11.1. The Morgan fingerprint density at radius 2 is 1.70 bits per heavy atom. The van der Waals surface area contributed by atoms with Gasteiger partial charge < -0.3 is 16.2 Å². The van der Waals surface area contributed by atoms with Crippen LogP contribution in [0.2, 0.25) is 0 Å². The van der Waals surface area contributed by atoms with E-state index in [2.05, 4.69) is 5.32 Å². The minimum Gasteiger partial charge on any atom is -0.478 e. The summed E-state index contributed by atoms with van der Waals surface area (Å²) in [6, 6.07) is 0.957. The molecule has 0 aliphatic rings. The van der Waals surface area contributed by atoms with E-state index in [-0.39, 0.29) is 19.4 Å². The highest BCUT2D eigenvalue weighted by Gasteiger charge is 2.20. The Kier molecular flexibility index (Phi) is 5.13. The van der Waals surface area contributed by atoms with E-state index in [4.69, 9.17) is 10.8 Å². The molecule has 6 nitrogen and oxygen atoms in total. The summed E-state index contributed by atoms with van der Waals surface area (Å²) < 4.78 is 26.0. The first-order valence-electron chi connectivity index (χ1n) is 5.61. The molecule has 0 unspecified atom stereocenters. The molecular formula is C12H12F2N2O4. The average Bonchev–Trinajstić information content (AvgIpc) is 2.36. The Morgan fingerprint density at radius 3 is 2.20 bits per heavy atom. The standard InChI is InChI=1S/C12H12F2N2O4/c13-8-4-6(7(12(19)20)5-9(8)14)11(18)16-3-1-2-10(15)17/h4-5H,1-3H2,(H2,15,17)(H,16,18)(H,19,20). The van der Waals surface area contributed by atoms with Crippen LogP contribution in [0.3, 0.4) is 0 Å².